The van der Waals surface area contributed by atoms with Crippen molar-refractivity contribution in [2.45, 2.75) is 10.6 Å². The number of nitrogens with zero attached hydrogens (tertiary/aromatic N) is 1. The zero-order valence-corrected chi connectivity index (χ0v) is 12.9. The van der Waals surface area contributed by atoms with Gasteiger partial charge in [0.05, 0.1) is 28.4 Å². The number of thioether (sulfide) groups is 1. The molecule has 0 bridgehead atoms. The zero-order valence-electron chi connectivity index (χ0n) is 10.6. The molecule has 0 saturated heterocycles. The van der Waals surface area contributed by atoms with Crippen molar-refractivity contribution < 1.29 is 9.53 Å². The Morgan fingerprint density at radius 1 is 1.25 bits per heavy atom. The van der Waals surface area contributed by atoms with Crippen LogP contribution in [0.1, 0.15) is 16.1 Å². The van der Waals surface area contributed by atoms with Gasteiger partial charge in [-0.05, 0) is 24.3 Å². The van der Waals surface area contributed by atoms with E-state index in [0.717, 1.165) is 10.6 Å². The molecule has 2 rings (SSSR count). The first kappa shape index (κ1) is 15.2. The van der Waals surface area contributed by atoms with E-state index in [-0.39, 0.29) is 0 Å². The van der Waals surface area contributed by atoms with Crippen LogP contribution >= 0.6 is 35.0 Å². The van der Waals surface area contributed by atoms with E-state index in [9.17, 15) is 4.79 Å². The van der Waals surface area contributed by atoms with E-state index in [4.69, 9.17) is 23.2 Å². The van der Waals surface area contributed by atoms with Crippen LogP contribution in [0.4, 0.5) is 0 Å². The second-order valence-electron chi connectivity index (χ2n) is 3.87. The maximum Gasteiger partial charge on any atom is 0.339 e. The summed E-state index contributed by atoms with van der Waals surface area (Å²) >= 11 is 13.7. The van der Waals surface area contributed by atoms with Gasteiger partial charge in [-0.3, -0.25) is 4.98 Å². The molecule has 2 aromatic rings. The third kappa shape index (κ3) is 3.66. The molecule has 3 nitrogen and oxygen atoms in total. The van der Waals surface area contributed by atoms with Crippen LogP contribution in [0.15, 0.2) is 41.4 Å². The number of aromatic nitrogens is 1. The predicted octanol–water partition coefficient (Wildman–Crippen LogP) is 4.47. The number of hydrogen-bond acceptors (Lipinski definition) is 4. The maximum absolute atomic E-state index is 11.3. The van der Waals surface area contributed by atoms with Crippen LogP contribution in [-0.2, 0) is 10.5 Å². The molecule has 20 heavy (non-hydrogen) atoms. The molecule has 0 amide bonds. The number of methoxy groups -OCH3 is 1. The van der Waals surface area contributed by atoms with Gasteiger partial charge in [0, 0.05) is 16.8 Å². The summed E-state index contributed by atoms with van der Waals surface area (Å²) in [6.45, 7) is 0. The highest BCUT2D eigenvalue weighted by Gasteiger charge is 2.08. The number of benzene rings is 1. The van der Waals surface area contributed by atoms with Crippen molar-refractivity contribution in [3.8, 4) is 0 Å². The molecule has 6 heteroatoms. The van der Waals surface area contributed by atoms with E-state index in [2.05, 4.69) is 9.72 Å². The molecule has 1 heterocycles. The highest BCUT2D eigenvalue weighted by Crippen LogP contribution is 2.35. The molecule has 0 saturated carbocycles. The monoisotopic (exact) mass is 327 g/mol. The molecule has 0 atom stereocenters. The van der Waals surface area contributed by atoms with E-state index < -0.39 is 5.97 Å². The molecular weight excluding hydrogens is 317 g/mol. The molecule has 104 valence electrons. The van der Waals surface area contributed by atoms with E-state index in [0.29, 0.717) is 21.4 Å². The summed E-state index contributed by atoms with van der Waals surface area (Å²) in [4.78, 5) is 16.3. The van der Waals surface area contributed by atoms with Gasteiger partial charge in [-0.25, -0.2) is 4.79 Å². The number of rotatable bonds is 4. The standard InChI is InChI=1S/C14H11Cl2NO2S/c1-19-14(18)9-5-6-10(17-7-9)8-20-13-11(15)3-2-4-12(13)16/h2-7H,8H2,1H3. The summed E-state index contributed by atoms with van der Waals surface area (Å²) in [5, 5.41) is 1.24. The molecule has 0 radical (unpaired) electrons. The third-order valence-electron chi connectivity index (χ3n) is 2.53. The van der Waals surface area contributed by atoms with Gasteiger partial charge in [-0.1, -0.05) is 29.3 Å². The minimum Gasteiger partial charge on any atom is -0.465 e. The first-order valence-corrected chi connectivity index (χ1v) is 7.46. The van der Waals surface area contributed by atoms with Crippen molar-refractivity contribution >= 4 is 40.9 Å². The highest BCUT2D eigenvalue weighted by molar-refractivity contribution is 7.98. The minimum absolute atomic E-state index is 0.397. The summed E-state index contributed by atoms with van der Waals surface area (Å²) in [7, 11) is 1.34. The quantitative estimate of drug-likeness (QED) is 0.613. The third-order valence-corrected chi connectivity index (χ3v) is 4.55. The van der Waals surface area contributed by atoms with Gasteiger partial charge in [0.2, 0.25) is 0 Å². The van der Waals surface area contributed by atoms with Crippen molar-refractivity contribution in [3.05, 3.63) is 57.8 Å². The lowest BCUT2D eigenvalue weighted by Gasteiger charge is -2.06. The van der Waals surface area contributed by atoms with Gasteiger partial charge in [-0.2, -0.15) is 0 Å². The zero-order chi connectivity index (χ0) is 14.5. The van der Waals surface area contributed by atoms with Gasteiger partial charge in [-0.15, -0.1) is 11.8 Å². The Balaban J connectivity index is 2.06. The molecule has 0 fully saturated rings. The fraction of sp³-hybridized carbons (Fsp3) is 0.143. The van der Waals surface area contributed by atoms with Crippen LogP contribution in [0, 0.1) is 0 Å². The molecule has 0 aliphatic heterocycles. The Labute approximate surface area is 131 Å². The van der Waals surface area contributed by atoms with Crippen LogP contribution < -0.4 is 0 Å². The lowest BCUT2D eigenvalue weighted by Crippen LogP contribution is -2.02. The number of hydrogen-bond donors (Lipinski definition) is 0. The number of esters is 1. The summed E-state index contributed by atoms with van der Waals surface area (Å²) in [5.74, 6) is 0.219. The summed E-state index contributed by atoms with van der Waals surface area (Å²) in [6, 6.07) is 8.86. The van der Waals surface area contributed by atoms with Gasteiger partial charge in [0.25, 0.3) is 0 Å². The Bertz CT molecular complexity index is 597. The lowest BCUT2D eigenvalue weighted by atomic mass is 10.2. The number of pyridine rings is 1. The first-order valence-electron chi connectivity index (χ1n) is 5.72. The van der Waals surface area contributed by atoms with E-state index in [1.54, 1.807) is 30.3 Å². The van der Waals surface area contributed by atoms with Gasteiger partial charge in [0.15, 0.2) is 0 Å². The van der Waals surface area contributed by atoms with Crippen LogP contribution in [-0.4, -0.2) is 18.1 Å². The second-order valence-corrected chi connectivity index (χ2v) is 5.67. The van der Waals surface area contributed by atoms with E-state index in [1.807, 2.05) is 0 Å². The van der Waals surface area contributed by atoms with Crippen molar-refractivity contribution in [2.24, 2.45) is 0 Å². The summed E-state index contributed by atoms with van der Waals surface area (Å²) in [5.41, 5.74) is 1.26. The van der Waals surface area contributed by atoms with Gasteiger partial charge >= 0.3 is 5.97 Å². The molecule has 0 unspecified atom stereocenters. The molecule has 0 N–H and O–H groups in total. The second kappa shape index (κ2) is 6.97. The topological polar surface area (TPSA) is 39.2 Å². The van der Waals surface area contributed by atoms with Gasteiger partial charge in [0.1, 0.15) is 0 Å². The molecule has 0 aliphatic carbocycles. The lowest BCUT2D eigenvalue weighted by molar-refractivity contribution is 0.0600. The molecule has 0 aliphatic rings. The van der Waals surface area contributed by atoms with Crippen LogP contribution in [0.25, 0.3) is 0 Å². The number of carbonyl (C=O) groups excluding carboxylic acids is 1. The Morgan fingerprint density at radius 3 is 2.50 bits per heavy atom. The summed E-state index contributed by atoms with van der Waals surface area (Å²) in [6.07, 6.45) is 1.50. The summed E-state index contributed by atoms with van der Waals surface area (Å²) < 4.78 is 4.62. The number of carbonyl (C=O) groups is 1. The fourth-order valence-electron chi connectivity index (χ4n) is 1.51. The normalized spacial score (nSPS) is 10.3. The fourth-order valence-corrected chi connectivity index (χ4v) is 3.11. The minimum atomic E-state index is -0.397. The van der Waals surface area contributed by atoms with Crippen molar-refractivity contribution in [2.75, 3.05) is 7.11 Å². The average Bonchev–Trinajstić information content (AvgIpc) is 2.46. The van der Waals surface area contributed by atoms with Crippen LogP contribution in [0.3, 0.4) is 0 Å². The van der Waals surface area contributed by atoms with E-state index >= 15 is 0 Å². The Hall–Kier alpha value is -1.23. The van der Waals surface area contributed by atoms with Crippen molar-refractivity contribution in [1.29, 1.82) is 0 Å². The number of ether oxygens (including phenoxy) is 1. The molecular formula is C14H11Cl2NO2S. The SMILES string of the molecule is COC(=O)c1ccc(CSc2c(Cl)cccc2Cl)nc1. The average molecular weight is 328 g/mol. The largest absolute Gasteiger partial charge is 0.465 e. The first-order chi connectivity index (χ1) is 9.61. The van der Waals surface area contributed by atoms with Crippen LogP contribution in [0.2, 0.25) is 10.0 Å². The van der Waals surface area contributed by atoms with Crippen molar-refractivity contribution in [3.63, 3.8) is 0 Å². The van der Waals surface area contributed by atoms with Crippen LogP contribution in [0.5, 0.6) is 0 Å². The smallest absolute Gasteiger partial charge is 0.339 e. The Morgan fingerprint density at radius 2 is 1.95 bits per heavy atom. The maximum atomic E-state index is 11.3. The van der Waals surface area contributed by atoms with Crippen molar-refractivity contribution in [1.82, 2.24) is 4.98 Å². The van der Waals surface area contributed by atoms with E-state index in [1.165, 1.54) is 25.1 Å². The Kier molecular flexibility index (Phi) is 5.29. The molecule has 1 aromatic carbocycles. The highest BCUT2D eigenvalue weighted by atomic mass is 35.5. The van der Waals surface area contributed by atoms with Gasteiger partial charge < -0.3 is 4.74 Å². The number of halogens is 2. The molecule has 1 aromatic heterocycles. The predicted molar refractivity (Wildman–Crippen MR) is 81.6 cm³/mol. The molecule has 0 spiro atoms.